The summed E-state index contributed by atoms with van der Waals surface area (Å²) in [7, 11) is -1.33. The highest BCUT2D eigenvalue weighted by atomic mass is 32.2. The lowest BCUT2D eigenvalue weighted by Gasteiger charge is -2.15. The number of fused-ring (bicyclic) bond motifs is 1. The largest absolute Gasteiger partial charge is 0.454 e. The zero-order valence-corrected chi connectivity index (χ0v) is 15.7. The predicted molar refractivity (Wildman–Crippen MR) is 98.2 cm³/mol. The van der Waals surface area contributed by atoms with Gasteiger partial charge in [0, 0.05) is 6.26 Å². The number of hydrogen-bond acceptors (Lipinski definition) is 6. The van der Waals surface area contributed by atoms with E-state index in [2.05, 4.69) is 5.32 Å². The standard InChI is InChI=1S/C19H19NO6S/c1-12(13-7-8-15-16(9-13)26-11-25-15)20-18(21)10-24-19(22)14-5-3-4-6-17(14)27(2)23/h3-9,12H,10-11H2,1-2H3,(H,20,21)/t12-,27-/m0/s1. The molecule has 0 bridgehead atoms. The second kappa shape index (κ2) is 8.22. The van der Waals surface area contributed by atoms with Gasteiger partial charge in [0.05, 0.1) is 27.3 Å². The second-order valence-electron chi connectivity index (χ2n) is 5.93. The Kier molecular flexibility index (Phi) is 5.75. The highest BCUT2D eigenvalue weighted by Crippen LogP contribution is 2.34. The lowest BCUT2D eigenvalue weighted by Crippen LogP contribution is -2.31. The molecule has 1 N–H and O–H groups in total. The number of nitrogens with one attached hydrogen (secondary N) is 1. The maximum atomic E-state index is 12.2. The van der Waals surface area contributed by atoms with Crippen LogP contribution in [0, 0.1) is 0 Å². The number of carbonyl (C=O) groups is 2. The summed E-state index contributed by atoms with van der Waals surface area (Å²) >= 11 is 0. The first kappa shape index (κ1) is 18.9. The van der Waals surface area contributed by atoms with E-state index in [-0.39, 0.29) is 18.4 Å². The molecule has 0 aliphatic carbocycles. The summed E-state index contributed by atoms with van der Waals surface area (Å²) in [6.45, 7) is 1.56. The van der Waals surface area contributed by atoms with Gasteiger partial charge in [0.25, 0.3) is 5.91 Å². The van der Waals surface area contributed by atoms with Gasteiger partial charge in [-0.25, -0.2) is 4.79 Å². The van der Waals surface area contributed by atoms with Crippen molar-refractivity contribution in [2.24, 2.45) is 0 Å². The summed E-state index contributed by atoms with van der Waals surface area (Å²) in [4.78, 5) is 24.7. The summed E-state index contributed by atoms with van der Waals surface area (Å²) in [6.07, 6.45) is 1.48. The number of ether oxygens (including phenoxy) is 3. The van der Waals surface area contributed by atoms with Crippen molar-refractivity contribution in [2.45, 2.75) is 17.9 Å². The first-order valence-electron chi connectivity index (χ1n) is 8.24. The molecule has 3 rings (SSSR count). The zero-order valence-electron chi connectivity index (χ0n) is 14.9. The van der Waals surface area contributed by atoms with E-state index in [1.807, 2.05) is 13.0 Å². The average Bonchev–Trinajstić information content (AvgIpc) is 3.13. The highest BCUT2D eigenvalue weighted by Gasteiger charge is 2.19. The fourth-order valence-corrected chi connectivity index (χ4v) is 3.38. The molecular formula is C19H19NO6S. The van der Waals surface area contributed by atoms with Gasteiger partial charge in [-0.1, -0.05) is 18.2 Å². The van der Waals surface area contributed by atoms with Gasteiger partial charge < -0.3 is 19.5 Å². The molecule has 142 valence electrons. The molecular weight excluding hydrogens is 370 g/mol. The van der Waals surface area contributed by atoms with Crippen molar-refractivity contribution in [3.63, 3.8) is 0 Å². The van der Waals surface area contributed by atoms with Crippen LogP contribution >= 0.6 is 0 Å². The minimum Gasteiger partial charge on any atom is -0.454 e. The molecule has 0 fully saturated rings. The Morgan fingerprint density at radius 1 is 1.19 bits per heavy atom. The van der Waals surface area contributed by atoms with E-state index in [0.29, 0.717) is 16.4 Å². The SMILES string of the molecule is C[C@H](NC(=O)COC(=O)c1ccccc1[S@](C)=O)c1ccc2c(c1)OCO2. The van der Waals surface area contributed by atoms with E-state index in [1.165, 1.54) is 12.3 Å². The van der Waals surface area contributed by atoms with E-state index in [0.717, 1.165) is 5.56 Å². The van der Waals surface area contributed by atoms with Gasteiger partial charge in [-0.05, 0) is 36.8 Å². The Morgan fingerprint density at radius 2 is 1.93 bits per heavy atom. The Hall–Kier alpha value is -2.87. The van der Waals surface area contributed by atoms with Crippen LogP contribution in [0.1, 0.15) is 28.9 Å². The normalized spacial score (nSPS) is 14.3. The third-order valence-corrected chi connectivity index (χ3v) is 5.00. The fourth-order valence-electron chi connectivity index (χ4n) is 2.64. The van der Waals surface area contributed by atoms with E-state index >= 15 is 0 Å². The molecule has 7 nitrogen and oxygen atoms in total. The van der Waals surface area contributed by atoms with Crippen LogP contribution in [0.4, 0.5) is 0 Å². The van der Waals surface area contributed by atoms with E-state index in [4.69, 9.17) is 14.2 Å². The number of carbonyl (C=O) groups excluding carboxylic acids is 2. The first-order chi connectivity index (χ1) is 13.0. The molecule has 1 aliphatic rings. The van der Waals surface area contributed by atoms with Crippen LogP contribution < -0.4 is 14.8 Å². The smallest absolute Gasteiger partial charge is 0.339 e. The molecule has 0 spiro atoms. The molecule has 0 aromatic heterocycles. The van der Waals surface area contributed by atoms with Crippen LogP contribution in [0.2, 0.25) is 0 Å². The van der Waals surface area contributed by atoms with Crippen molar-refractivity contribution in [1.82, 2.24) is 5.32 Å². The molecule has 0 saturated heterocycles. The van der Waals surface area contributed by atoms with Crippen molar-refractivity contribution < 1.29 is 28.0 Å². The summed E-state index contributed by atoms with van der Waals surface area (Å²) in [5.41, 5.74) is 1.03. The van der Waals surface area contributed by atoms with Crippen LogP contribution in [0.5, 0.6) is 11.5 Å². The van der Waals surface area contributed by atoms with Crippen molar-refractivity contribution >= 4 is 22.7 Å². The topological polar surface area (TPSA) is 90.9 Å². The van der Waals surface area contributed by atoms with Gasteiger partial charge in [0.2, 0.25) is 6.79 Å². The van der Waals surface area contributed by atoms with Crippen molar-refractivity contribution in [1.29, 1.82) is 0 Å². The number of hydrogen-bond donors (Lipinski definition) is 1. The van der Waals surface area contributed by atoms with Gasteiger partial charge in [0.1, 0.15) is 0 Å². The molecule has 0 saturated carbocycles. The molecule has 1 heterocycles. The predicted octanol–water partition coefficient (Wildman–Crippen LogP) is 2.19. The number of amides is 1. The molecule has 2 aromatic carbocycles. The number of esters is 1. The van der Waals surface area contributed by atoms with Crippen molar-refractivity contribution in [2.75, 3.05) is 19.7 Å². The minimum atomic E-state index is -1.33. The monoisotopic (exact) mass is 389 g/mol. The second-order valence-corrected chi connectivity index (χ2v) is 7.28. The number of rotatable bonds is 6. The van der Waals surface area contributed by atoms with Gasteiger partial charge in [-0.3, -0.25) is 9.00 Å². The van der Waals surface area contributed by atoms with E-state index in [1.54, 1.807) is 30.3 Å². The van der Waals surface area contributed by atoms with Crippen LogP contribution in [-0.4, -0.2) is 35.7 Å². The van der Waals surface area contributed by atoms with Crippen LogP contribution in [-0.2, 0) is 20.3 Å². The molecule has 2 atom stereocenters. The number of benzene rings is 2. The molecule has 8 heteroatoms. The third kappa shape index (κ3) is 4.46. The molecule has 2 aromatic rings. The van der Waals surface area contributed by atoms with Gasteiger partial charge in [0.15, 0.2) is 18.1 Å². The molecule has 27 heavy (non-hydrogen) atoms. The molecule has 0 unspecified atom stereocenters. The molecule has 1 amide bonds. The maximum absolute atomic E-state index is 12.2. The van der Waals surface area contributed by atoms with Gasteiger partial charge in [-0.2, -0.15) is 0 Å². The average molecular weight is 389 g/mol. The lowest BCUT2D eigenvalue weighted by atomic mass is 10.1. The highest BCUT2D eigenvalue weighted by molar-refractivity contribution is 7.84. The quantitative estimate of drug-likeness (QED) is 0.762. The van der Waals surface area contributed by atoms with E-state index < -0.39 is 29.3 Å². The first-order valence-corrected chi connectivity index (χ1v) is 9.80. The Bertz CT molecular complexity index is 898. The maximum Gasteiger partial charge on any atom is 0.339 e. The van der Waals surface area contributed by atoms with Crippen molar-refractivity contribution in [3.05, 3.63) is 53.6 Å². The summed E-state index contributed by atoms with van der Waals surface area (Å²) in [6, 6.07) is 11.6. The van der Waals surface area contributed by atoms with Crippen LogP contribution in [0.3, 0.4) is 0 Å². The van der Waals surface area contributed by atoms with E-state index in [9.17, 15) is 13.8 Å². The van der Waals surface area contributed by atoms with Gasteiger partial charge in [-0.15, -0.1) is 0 Å². The summed E-state index contributed by atoms with van der Waals surface area (Å²) in [5.74, 6) is 0.165. The molecule has 1 aliphatic heterocycles. The van der Waals surface area contributed by atoms with Crippen molar-refractivity contribution in [3.8, 4) is 11.5 Å². The van der Waals surface area contributed by atoms with Crippen LogP contribution in [0.25, 0.3) is 0 Å². The van der Waals surface area contributed by atoms with Gasteiger partial charge >= 0.3 is 5.97 Å². The summed E-state index contributed by atoms with van der Waals surface area (Å²) in [5, 5.41) is 2.76. The Morgan fingerprint density at radius 3 is 2.70 bits per heavy atom. The molecule has 0 radical (unpaired) electrons. The zero-order chi connectivity index (χ0) is 19.4. The Balaban J connectivity index is 1.57. The Labute approximate surface area is 159 Å². The fraction of sp³-hybridized carbons (Fsp3) is 0.263. The van der Waals surface area contributed by atoms with Crippen LogP contribution in [0.15, 0.2) is 47.4 Å². The lowest BCUT2D eigenvalue weighted by molar-refractivity contribution is -0.124. The third-order valence-electron chi connectivity index (χ3n) is 4.03. The minimum absolute atomic E-state index is 0.180. The summed E-state index contributed by atoms with van der Waals surface area (Å²) < 4.78 is 27.3.